The van der Waals surface area contributed by atoms with Crippen molar-refractivity contribution in [1.82, 2.24) is 0 Å². The highest BCUT2D eigenvalue weighted by atomic mass is 19.4. The Labute approximate surface area is 84.1 Å². The Morgan fingerprint density at radius 3 is 2.20 bits per heavy atom. The van der Waals surface area contributed by atoms with Gasteiger partial charge in [-0.15, -0.1) is 0 Å². The largest absolute Gasteiger partial charge is 0.464 e. The molecule has 15 heavy (non-hydrogen) atoms. The number of furan rings is 1. The van der Waals surface area contributed by atoms with Crippen LogP contribution < -0.4 is 0 Å². The van der Waals surface area contributed by atoms with Crippen LogP contribution in [0.3, 0.4) is 0 Å². The summed E-state index contributed by atoms with van der Waals surface area (Å²) in [7, 11) is 0. The fraction of sp³-hybridized carbons (Fsp3) is 0.0909. The van der Waals surface area contributed by atoms with Crippen molar-refractivity contribution in [3.8, 4) is 11.3 Å². The highest BCUT2D eigenvalue weighted by molar-refractivity contribution is 5.56. The van der Waals surface area contributed by atoms with Gasteiger partial charge in [0.2, 0.25) is 0 Å². The van der Waals surface area contributed by atoms with Crippen LogP contribution in [-0.2, 0) is 6.18 Å². The molecule has 0 fully saturated rings. The Morgan fingerprint density at radius 1 is 1.07 bits per heavy atom. The van der Waals surface area contributed by atoms with E-state index in [1.807, 2.05) is 0 Å². The van der Waals surface area contributed by atoms with Gasteiger partial charge < -0.3 is 4.42 Å². The lowest BCUT2D eigenvalue weighted by Gasteiger charge is -2.06. The third-order valence-corrected chi connectivity index (χ3v) is 1.94. The van der Waals surface area contributed by atoms with Crippen molar-refractivity contribution in [2.24, 2.45) is 0 Å². The van der Waals surface area contributed by atoms with Crippen LogP contribution in [0.4, 0.5) is 13.2 Å². The van der Waals surface area contributed by atoms with E-state index in [4.69, 9.17) is 4.42 Å². The van der Waals surface area contributed by atoms with E-state index >= 15 is 0 Å². The Hall–Kier alpha value is -1.71. The monoisotopic (exact) mass is 211 g/mol. The van der Waals surface area contributed by atoms with Gasteiger partial charge in [-0.05, 0) is 18.2 Å². The summed E-state index contributed by atoms with van der Waals surface area (Å²) in [6.45, 7) is 0. The third-order valence-electron chi connectivity index (χ3n) is 1.94. The second kappa shape index (κ2) is 3.46. The van der Waals surface area contributed by atoms with Crippen molar-refractivity contribution in [1.29, 1.82) is 0 Å². The second-order valence-corrected chi connectivity index (χ2v) is 2.97. The van der Waals surface area contributed by atoms with E-state index in [0.29, 0.717) is 11.3 Å². The third kappa shape index (κ3) is 2.03. The van der Waals surface area contributed by atoms with Gasteiger partial charge in [-0.2, -0.15) is 13.2 Å². The maximum absolute atomic E-state index is 12.2. The van der Waals surface area contributed by atoms with Gasteiger partial charge in [0.1, 0.15) is 5.76 Å². The lowest BCUT2D eigenvalue weighted by molar-refractivity contribution is -0.137. The first kappa shape index (κ1) is 9.83. The van der Waals surface area contributed by atoms with Crippen molar-refractivity contribution in [2.45, 2.75) is 6.18 Å². The number of rotatable bonds is 1. The van der Waals surface area contributed by atoms with E-state index in [0.717, 1.165) is 12.1 Å². The van der Waals surface area contributed by atoms with Crippen LogP contribution in [0, 0.1) is 6.07 Å². The van der Waals surface area contributed by atoms with Crippen molar-refractivity contribution < 1.29 is 17.6 Å². The van der Waals surface area contributed by atoms with Gasteiger partial charge in [0.25, 0.3) is 0 Å². The van der Waals surface area contributed by atoms with Crippen LogP contribution in [0.2, 0.25) is 0 Å². The molecule has 0 unspecified atom stereocenters. The van der Waals surface area contributed by atoms with Gasteiger partial charge in [-0.1, -0.05) is 12.1 Å². The molecule has 0 aliphatic heterocycles. The van der Waals surface area contributed by atoms with Crippen molar-refractivity contribution in [3.63, 3.8) is 0 Å². The first-order valence-corrected chi connectivity index (χ1v) is 4.20. The first-order chi connectivity index (χ1) is 7.07. The maximum Gasteiger partial charge on any atom is 0.416 e. The van der Waals surface area contributed by atoms with E-state index in [2.05, 4.69) is 6.07 Å². The summed E-state index contributed by atoms with van der Waals surface area (Å²) in [6.07, 6.45) is -2.88. The van der Waals surface area contributed by atoms with Crippen molar-refractivity contribution in [3.05, 3.63) is 48.2 Å². The van der Waals surface area contributed by atoms with Crippen molar-refractivity contribution in [2.75, 3.05) is 0 Å². The number of halogens is 3. The quantitative estimate of drug-likeness (QED) is 0.699. The summed E-state index contributed by atoms with van der Waals surface area (Å²) >= 11 is 0. The number of benzene rings is 1. The molecule has 1 nitrogen and oxygen atoms in total. The van der Waals surface area contributed by atoms with Gasteiger partial charge in [0.15, 0.2) is 0 Å². The molecular weight excluding hydrogens is 205 g/mol. The van der Waals surface area contributed by atoms with Crippen LogP contribution in [0.15, 0.2) is 41.0 Å². The minimum atomic E-state index is -4.30. The molecule has 0 aliphatic carbocycles. The zero-order valence-electron chi connectivity index (χ0n) is 7.51. The van der Waals surface area contributed by atoms with Gasteiger partial charge >= 0.3 is 6.18 Å². The van der Waals surface area contributed by atoms with E-state index in [1.165, 1.54) is 18.4 Å². The number of hydrogen-bond donors (Lipinski definition) is 0. The minimum absolute atomic E-state index is 0.434. The smallest absolute Gasteiger partial charge is 0.416 e. The van der Waals surface area contributed by atoms with Crippen LogP contribution >= 0.6 is 0 Å². The molecule has 0 N–H and O–H groups in total. The fourth-order valence-corrected chi connectivity index (χ4v) is 1.21. The molecule has 0 amide bonds. The lowest BCUT2D eigenvalue weighted by atomic mass is 10.1. The number of alkyl halides is 3. The normalized spacial score (nSPS) is 11.7. The average Bonchev–Trinajstić information content (AvgIpc) is 2.69. The highest BCUT2D eigenvalue weighted by Crippen LogP contribution is 2.30. The number of hydrogen-bond acceptors (Lipinski definition) is 1. The molecule has 2 rings (SSSR count). The lowest BCUT2D eigenvalue weighted by Crippen LogP contribution is -2.03. The SMILES string of the molecule is FC(F)(F)c1ccc(-c2[c]cco2)cc1. The van der Waals surface area contributed by atoms with Crippen molar-refractivity contribution >= 4 is 0 Å². The molecule has 0 saturated heterocycles. The first-order valence-electron chi connectivity index (χ1n) is 4.20. The minimum Gasteiger partial charge on any atom is -0.464 e. The Bertz CT molecular complexity index is 426. The molecule has 0 aliphatic rings. The Balaban J connectivity index is 2.33. The summed E-state index contributed by atoms with van der Waals surface area (Å²) < 4.78 is 41.7. The Kier molecular flexibility index (Phi) is 2.26. The molecule has 1 radical (unpaired) electrons. The van der Waals surface area contributed by atoms with Crippen LogP contribution in [0.5, 0.6) is 0 Å². The molecule has 0 saturated carbocycles. The van der Waals surface area contributed by atoms with Crippen LogP contribution in [0.1, 0.15) is 5.56 Å². The molecule has 2 aromatic rings. The topological polar surface area (TPSA) is 13.1 Å². The van der Waals surface area contributed by atoms with Gasteiger partial charge in [-0.3, -0.25) is 0 Å². The molecule has 1 aromatic carbocycles. The molecule has 1 aromatic heterocycles. The predicted octanol–water partition coefficient (Wildman–Crippen LogP) is 3.77. The maximum atomic E-state index is 12.2. The summed E-state index contributed by atoms with van der Waals surface area (Å²) in [6, 6.07) is 9.08. The van der Waals surface area contributed by atoms with E-state index in [-0.39, 0.29) is 0 Å². The summed E-state index contributed by atoms with van der Waals surface area (Å²) in [5.74, 6) is 0.434. The van der Waals surface area contributed by atoms with Gasteiger partial charge in [0, 0.05) is 11.6 Å². The average molecular weight is 211 g/mol. The highest BCUT2D eigenvalue weighted by Gasteiger charge is 2.29. The zero-order valence-corrected chi connectivity index (χ0v) is 7.51. The summed E-state index contributed by atoms with van der Waals surface area (Å²) in [5.41, 5.74) is -0.0918. The molecular formula is C11H6F3O. The Morgan fingerprint density at radius 2 is 1.73 bits per heavy atom. The van der Waals surface area contributed by atoms with Gasteiger partial charge in [0.05, 0.1) is 11.8 Å². The molecule has 0 atom stereocenters. The van der Waals surface area contributed by atoms with Gasteiger partial charge in [-0.25, -0.2) is 0 Å². The summed E-state index contributed by atoms with van der Waals surface area (Å²) in [5, 5.41) is 0. The van der Waals surface area contributed by atoms with E-state index in [9.17, 15) is 13.2 Å². The molecule has 0 bridgehead atoms. The predicted molar refractivity (Wildman–Crippen MR) is 48.0 cm³/mol. The molecule has 77 valence electrons. The van der Waals surface area contributed by atoms with E-state index < -0.39 is 11.7 Å². The molecule has 0 spiro atoms. The van der Waals surface area contributed by atoms with Crippen LogP contribution in [0.25, 0.3) is 11.3 Å². The fourth-order valence-electron chi connectivity index (χ4n) is 1.21. The molecule has 1 heterocycles. The second-order valence-electron chi connectivity index (χ2n) is 2.97. The van der Waals surface area contributed by atoms with Crippen LogP contribution in [-0.4, -0.2) is 0 Å². The molecule has 4 heteroatoms. The summed E-state index contributed by atoms with van der Waals surface area (Å²) in [4.78, 5) is 0. The van der Waals surface area contributed by atoms with E-state index in [1.54, 1.807) is 6.07 Å². The zero-order chi connectivity index (χ0) is 10.9. The standard InChI is InChI=1S/C11H6F3O/c12-11(13,14)9-5-3-8(4-6-9)10-2-1-7-15-10/h1,3-7H.